The second kappa shape index (κ2) is 5.28. The lowest BCUT2D eigenvalue weighted by molar-refractivity contribution is -0.168. The first-order valence-electron chi connectivity index (χ1n) is 5.72. The summed E-state index contributed by atoms with van der Waals surface area (Å²) in [5.41, 5.74) is 0.180. The smallest absolute Gasteiger partial charge is 0.330 e. The van der Waals surface area contributed by atoms with E-state index in [9.17, 15) is 22.4 Å². The maximum Gasteiger partial charge on any atom is 0.330 e. The molecule has 0 spiro atoms. The number of aromatic amines is 1. The highest BCUT2D eigenvalue weighted by Crippen LogP contribution is 2.38. The van der Waals surface area contributed by atoms with Gasteiger partial charge in [-0.05, 0) is 12.8 Å². The van der Waals surface area contributed by atoms with Gasteiger partial charge in [0.25, 0.3) is 5.56 Å². The Bertz CT molecular complexity index is 500. The Labute approximate surface area is 105 Å². The number of nitrogens with zero attached hydrogens (tertiary/aromatic N) is 1. The summed E-state index contributed by atoms with van der Waals surface area (Å²) in [5.74, 6) is -3.91. The van der Waals surface area contributed by atoms with Crippen molar-refractivity contribution in [3.63, 3.8) is 0 Å². The van der Waals surface area contributed by atoms with Gasteiger partial charge in [0.1, 0.15) is 19.0 Å². The summed E-state index contributed by atoms with van der Waals surface area (Å²) in [6.07, 6.45) is -1.92. The second-order valence-corrected chi connectivity index (χ2v) is 4.45. The zero-order valence-corrected chi connectivity index (χ0v) is 9.84. The van der Waals surface area contributed by atoms with Crippen molar-refractivity contribution in [1.29, 1.82) is 0 Å². The van der Waals surface area contributed by atoms with Gasteiger partial charge in [-0.15, -0.1) is 0 Å². The summed E-state index contributed by atoms with van der Waals surface area (Å²) >= 11 is 0. The van der Waals surface area contributed by atoms with Crippen LogP contribution in [0.3, 0.4) is 0 Å². The van der Waals surface area contributed by atoms with Gasteiger partial charge in [0.2, 0.25) is 0 Å². The number of ether oxygens (including phenoxy) is 1. The summed E-state index contributed by atoms with van der Waals surface area (Å²) in [5, 5.41) is 0. The fraction of sp³-hybridized carbons (Fsp3) is 0.636. The first-order valence-corrected chi connectivity index (χ1v) is 5.72. The Balaban J connectivity index is 1.94. The Kier molecular flexibility index (Phi) is 3.88. The maximum atomic E-state index is 12.6. The van der Waals surface area contributed by atoms with Crippen molar-refractivity contribution in [3.05, 3.63) is 27.9 Å². The number of aromatic nitrogens is 2. The van der Waals surface area contributed by atoms with E-state index in [0.717, 1.165) is 12.8 Å². The van der Waals surface area contributed by atoms with E-state index >= 15 is 0 Å². The zero-order valence-electron chi connectivity index (χ0n) is 9.84. The van der Waals surface area contributed by atoms with Crippen LogP contribution in [0, 0.1) is 0 Å². The molecule has 0 radical (unpaired) electrons. The van der Waals surface area contributed by atoms with E-state index < -0.39 is 31.1 Å². The van der Waals surface area contributed by atoms with Crippen LogP contribution in [-0.2, 0) is 11.3 Å². The molecule has 1 aromatic heterocycles. The van der Waals surface area contributed by atoms with E-state index in [4.69, 9.17) is 0 Å². The van der Waals surface area contributed by atoms with Crippen molar-refractivity contribution >= 4 is 0 Å². The highest BCUT2D eigenvalue weighted by atomic mass is 19.3. The van der Waals surface area contributed by atoms with Crippen LogP contribution in [0.5, 0.6) is 0 Å². The van der Waals surface area contributed by atoms with Crippen molar-refractivity contribution in [1.82, 2.24) is 9.97 Å². The van der Waals surface area contributed by atoms with Gasteiger partial charge >= 0.3 is 12.3 Å². The number of rotatable bonds is 6. The minimum absolute atomic E-state index is 0.0690. The molecule has 0 unspecified atom stereocenters. The standard InChI is InChI=1S/C11H12F4N2O2/c12-10(13)11(14,15)5-19-4-8-16-7(6-1-2-6)3-9(18)17-8/h3,6,10H,1-2,4-5H2,(H,16,17,18). The van der Waals surface area contributed by atoms with E-state index in [0.29, 0.717) is 5.69 Å². The average Bonchev–Trinajstić information content (AvgIpc) is 3.11. The van der Waals surface area contributed by atoms with E-state index in [-0.39, 0.29) is 11.7 Å². The van der Waals surface area contributed by atoms with Crippen LogP contribution in [0.2, 0.25) is 0 Å². The summed E-state index contributed by atoms with van der Waals surface area (Å²) < 4.78 is 53.4. The molecule has 2 rings (SSSR count). The average molecular weight is 280 g/mol. The van der Waals surface area contributed by atoms with Gasteiger partial charge in [0.15, 0.2) is 0 Å². The fourth-order valence-electron chi connectivity index (χ4n) is 1.53. The molecule has 0 atom stereocenters. The molecule has 0 amide bonds. The Hall–Kier alpha value is -1.44. The molecule has 1 N–H and O–H groups in total. The molecule has 8 heteroatoms. The molecule has 19 heavy (non-hydrogen) atoms. The number of alkyl halides is 4. The predicted molar refractivity (Wildman–Crippen MR) is 57.4 cm³/mol. The Morgan fingerprint density at radius 2 is 2.16 bits per heavy atom. The molecule has 0 saturated heterocycles. The molecule has 1 aliphatic rings. The summed E-state index contributed by atoms with van der Waals surface area (Å²) in [4.78, 5) is 17.7. The third kappa shape index (κ3) is 3.76. The van der Waals surface area contributed by atoms with Gasteiger partial charge in [-0.1, -0.05) is 0 Å². The van der Waals surface area contributed by atoms with Crippen molar-refractivity contribution in [3.8, 4) is 0 Å². The van der Waals surface area contributed by atoms with Gasteiger partial charge in [-0.2, -0.15) is 8.78 Å². The third-order valence-electron chi connectivity index (χ3n) is 2.66. The molecule has 1 aliphatic carbocycles. The number of H-pyrrole nitrogens is 1. The van der Waals surface area contributed by atoms with Crippen LogP contribution in [0.25, 0.3) is 0 Å². The first-order chi connectivity index (χ1) is 8.88. The van der Waals surface area contributed by atoms with Crippen LogP contribution in [0.1, 0.15) is 30.3 Å². The maximum absolute atomic E-state index is 12.6. The molecule has 1 heterocycles. The molecule has 4 nitrogen and oxygen atoms in total. The Morgan fingerprint density at radius 1 is 1.47 bits per heavy atom. The Morgan fingerprint density at radius 3 is 2.74 bits per heavy atom. The van der Waals surface area contributed by atoms with E-state index in [1.54, 1.807) is 0 Å². The van der Waals surface area contributed by atoms with Gasteiger partial charge in [0.05, 0.1) is 5.69 Å². The van der Waals surface area contributed by atoms with Gasteiger partial charge in [-0.25, -0.2) is 13.8 Å². The summed E-state index contributed by atoms with van der Waals surface area (Å²) in [6, 6.07) is 1.34. The lowest BCUT2D eigenvalue weighted by atomic mass is 10.3. The van der Waals surface area contributed by atoms with Crippen molar-refractivity contribution in [2.75, 3.05) is 6.61 Å². The molecular formula is C11H12F4N2O2. The van der Waals surface area contributed by atoms with Gasteiger partial charge in [0, 0.05) is 12.0 Å². The van der Waals surface area contributed by atoms with Crippen LogP contribution in [0.15, 0.2) is 10.9 Å². The highest BCUT2D eigenvalue weighted by Gasteiger charge is 2.41. The number of hydrogen-bond acceptors (Lipinski definition) is 3. The minimum Gasteiger partial charge on any atom is -0.367 e. The fourth-order valence-corrected chi connectivity index (χ4v) is 1.53. The molecule has 106 valence electrons. The van der Waals surface area contributed by atoms with Gasteiger partial charge < -0.3 is 9.72 Å². The zero-order chi connectivity index (χ0) is 14.0. The van der Waals surface area contributed by atoms with Crippen molar-refractivity contribution in [2.24, 2.45) is 0 Å². The molecule has 1 fully saturated rings. The van der Waals surface area contributed by atoms with E-state index in [1.165, 1.54) is 6.07 Å². The summed E-state index contributed by atoms with van der Waals surface area (Å²) in [6.45, 7) is -1.85. The normalized spacial score (nSPS) is 16.1. The number of nitrogens with one attached hydrogen (secondary N) is 1. The predicted octanol–water partition coefficient (Wildman–Crippen LogP) is 2.06. The van der Waals surface area contributed by atoms with E-state index in [2.05, 4.69) is 14.7 Å². The SMILES string of the molecule is O=c1cc(C2CC2)nc(COCC(F)(F)C(F)F)[nH]1. The van der Waals surface area contributed by atoms with E-state index in [1.807, 2.05) is 0 Å². The quantitative estimate of drug-likeness (QED) is 0.811. The molecule has 0 aromatic carbocycles. The lowest BCUT2D eigenvalue weighted by Crippen LogP contribution is -2.32. The summed E-state index contributed by atoms with van der Waals surface area (Å²) in [7, 11) is 0. The number of hydrogen-bond donors (Lipinski definition) is 1. The number of halogens is 4. The van der Waals surface area contributed by atoms with Crippen LogP contribution < -0.4 is 5.56 Å². The highest BCUT2D eigenvalue weighted by molar-refractivity contribution is 5.13. The third-order valence-corrected chi connectivity index (χ3v) is 2.66. The van der Waals surface area contributed by atoms with Crippen LogP contribution in [0.4, 0.5) is 17.6 Å². The molecule has 0 bridgehead atoms. The molecule has 1 aromatic rings. The van der Waals surface area contributed by atoms with Crippen molar-refractivity contribution < 1.29 is 22.3 Å². The monoisotopic (exact) mass is 280 g/mol. The van der Waals surface area contributed by atoms with Crippen LogP contribution >= 0.6 is 0 Å². The molecule has 1 saturated carbocycles. The van der Waals surface area contributed by atoms with Crippen molar-refractivity contribution in [2.45, 2.75) is 37.7 Å². The second-order valence-electron chi connectivity index (χ2n) is 4.45. The lowest BCUT2D eigenvalue weighted by Gasteiger charge is -2.14. The molecule has 0 aliphatic heterocycles. The van der Waals surface area contributed by atoms with Crippen LogP contribution in [-0.4, -0.2) is 28.9 Å². The minimum atomic E-state index is -4.20. The largest absolute Gasteiger partial charge is 0.367 e. The topological polar surface area (TPSA) is 55.0 Å². The first kappa shape index (κ1) is 14.0. The van der Waals surface area contributed by atoms with Gasteiger partial charge in [-0.3, -0.25) is 4.79 Å². The molecular weight excluding hydrogens is 268 g/mol.